The van der Waals surface area contributed by atoms with E-state index < -0.39 is 11.9 Å². The third-order valence-electron chi connectivity index (χ3n) is 4.57. The summed E-state index contributed by atoms with van der Waals surface area (Å²) in [4.78, 5) is 31.1. The van der Waals surface area contributed by atoms with Gasteiger partial charge >= 0.3 is 0 Å². The van der Waals surface area contributed by atoms with Crippen LogP contribution >= 0.6 is 0 Å². The van der Waals surface area contributed by atoms with Gasteiger partial charge in [-0.15, -0.1) is 5.10 Å². The minimum absolute atomic E-state index is 0.0214. The number of pyridine rings is 1. The number of amides is 2. The molecule has 4 rings (SSSR count). The average Bonchev–Trinajstić information content (AvgIpc) is 3.10. The summed E-state index contributed by atoms with van der Waals surface area (Å²) >= 11 is 0. The largest absolute Gasteiger partial charge is 0.489 e. The third kappa shape index (κ3) is 2.99. The maximum absolute atomic E-state index is 12.7. The molecule has 0 radical (unpaired) electrons. The molecule has 1 aliphatic heterocycles. The van der Waals surface area contributed by atoms with Gasteiger partial charge in [0.1, 0.15) is 18.4 Å². The third-order valence-corrected chi connectivity index (χ3v) is 4.57. The zero-order valence-corrected chi connectivity index (χ0v) is 15.0. The van der Waals surface area contributed by atoms with Crippen LogP contribution in [-0.4, -0.2) is 46.1 Å². The summed E-state index contributed by atoms with van der Waals surface area (Å²) in [6, 6.07) is 12.0. The number of nitrogens with one attached hydrogen (secondary N) is 1. The molecule has 1 atom stereocenters. The van der Waals surface area contributed by atoms with Crippen LogP contribution in [0.2, 0.25) is 0 Å². The second-order valence-electron chi connectivity index (χ2n) is 6.28. The van der Waals surface area contributed by atoms with E-state index in [2.05, 4.69) is 15.4 Å². The first-order valence-electron chi connectivity index (χ1n) is 8.73. The molecule has 3 aromatic rings. The molecule has 3 heterocycles. The van der Waals surface area contributed by atoms with Crippen LogP contribution in [0.5, 0.6) is 5.75 Å². The van der Waals surface area contributed by atoms with E-state index in [0.717, 1.165) is 12.1 Å². The summed E-state index contributed by atoms with van der Waals surface area (Å²) < 4.78 is 7.35. The number of ether oxygens (including phenoxy) is 1. The van der Waals surface area contributed by atoms with Gasteiger partial charge in [0.2, 0.25) is 5.82 Å². The Kier molecular flexibility index (Phi) is 4.23. The predicted molar refractivity (Wildman–Crippen MR) is 99.0 cm³/mol. The van der Waals surface area contributed by atoms with Gasteiger partial charge in [0, 0.05) is 12.7 Å². The highest BCUT2D eigenvalue weighted by Crippen LogP contribution is 2.29. The van der Waals surface area contributed by atoms with Gasteiger partial charge in [0.05, 0.1) is 5.69 Å². The van der Waals surface area contributed by atoms with Crippen molar-refractivity contribution in [2.45, 2.75) is 19.4 Å². The number of likely N-dealkylation sites (N-methyl/N-ethyl adjacent to an activating group) is 1. The quantitative estimate of drug-likeness (QED) is 0.759. The van der Waals surface area contributed by atoms with Crippen LogP contribution in [0.25, 0.3) is 5.65 Å². The first-order valence-corrected chi connectivity index (χ1v) is 8.73. The number of para-hydroxylation sites is 2. The summed E-state index contributed by atoms with van der Waals surface area (Å²) in [6.45, 7) is 2.05. The molecule has 0 saturated heterocycles. The summed E-state index contributed by atoms with van der Waals surface area (Å²) in [5.74, 6) is -0.148. The Bertz CT molecular complexity index is 1030. The Hall–Kier alpha value is -3.42. The summed E-state index contributed by atoms with van der Waals surface area (Å²) in [5, 5.41) is 6.98. The molecule has 0 saturated carbocycles. The van der Waals surface area contributed by atoms with Crippen molar-refractivity contribution in [3.8, 4) is 5.75 Å². The second-order valence-corrected chi connectivity index (χ2v) is 6.28. The normalized spacial score (nSPS) is 16.6. The maximum Gasteiger partial charge on any atom is 0.291 e. The lowest BCUT2D eigenvalue weighted by Crippen LogP contribution is -2.49. The lowest BCUT2D eigenvalue weighted by Gasteiger charge is -2.19. The van der Waals surface area contributed by atoms with Crippen LogP contribution < -0.4 is 15.0 Å². The molecule has 1 aliphatic rings. The van der Waals surface area contributed by atoms with E-state index in [1.807, 2.05) is 31.2 Å². The number of carbonyl (C=O) groups excluding carboxylic acids is 2. The molecule has 27 heavy (non-hydrogen) atoms. The average molecular weight is 365 g/mol. The molecule has 8 nitrogen and oxygen atoms in total. The molecule has 1 aromatic carbocycles. The van der Waals surface area contributed by atoms with E-state index in [9.17, 15) is 9.59 Å². The van der Waals surface area contributed by atoms with Gasteiger partial charge in [-0.2, -0.15) is 0 Å². The van der Waals surface area contributed by atoms with Crippen molar-refractivity contribution in [1.29, 1.82) is 0 Å². The zero-order valence-electron chi connectivity index (χ0n) is 15.0. The SMILES string of the molecule is CCc1cccc2nc(C(=O)N[C@H]3COc4ccccc4N(C)C3=O)nn12. The van der Waals surface area contributed by atoms with Gasteiger partial charge in [0.15, 0.2) is 5.65 Å². The highest BCUT2D eigenvalue weighted by Gasteiger charge is 2.31. The molecule has 8 heteroatoms. The number of anilines is 1. The molecule has 0 unspecified atom stereocenters. The number of benzene rings is 1. The topological polar surface area (TPSA) is 88.8 Å². The Balaban J connectivity index is 1.57. The Labute approximate surface area is 155 Å². The van der Waals surface area contributed by atoms with Gasteiger partial charge in [-0.05, 0) is 30.7 Å². The van der Waals surface area contributed by atoms with Crippen molar-refractivity contribution >= 4 is 23.1 Å². The van der Waals surface area contributed by atoms with Crippen molar-refractivity contribution in [2.24, 2.45) is 0 Å². The van der Waals surface area contributed by atoms with E-state index in [-0.39, 0.29) is 18.3 Å². The smallest absolute Gasteiger partial charge is 0.291 e. The van der Waals surface area contributed by atoms with Gasteiger partial charge in [0.25, 0.3) is 11.8 Å². The lowest BCUT2D eigenvalue weighted by atomic mass is 10.2. The molecular formula is C19H19N5O3. The monoisotopic (exact) mass is 365 g/mol. The number of rotatable bonds is 3. The van der Waals surface area contributed by atoms with Gasteiger partial charge in [-0.1, -0.05) is 25.1 Å². The molecule has 0 bridgehead atoms. The van der Waals surface area contributed by atoms with E-state index >= 15 is 0 Å². The second kappa shape index (κ2) is 6.71. The van der Waals surface area contributed by atoms with Gasteiger partial charge in [-0.3, -0.25) is 9.59 Å². The van der Waals surface area contributed by atoms with Crippen molar-refractivity contribution < 1.29 is 14.3 Å². The lowest BCUT2D eigenvalue weighted by molar-refractivity contribution is -0.120. The van der Waals surface area contributed by atoms with Gasteiger partial charge < -0.3 is 15.0 Å². The first kappa shape index (κ1) is 17.0. The minimum atomic E-state index is -0.827. The fourth-order valence-electron chi connectivity index (χ4n) is 3.10. The van der Waals surface area contributed by atoms with Crippen molar-refractivity contribution in [3.05, 3.63) is 54.0 Å². The first-order chi connectivity index (χ1) is 13.1. The Morgan fingerprint density at radius 1 is 1.26 bits per heavy atom. The standard InChI is InChI=1S/C19H19N5O3/c1-3-12-7-6-10-16-21-17(22-24(12)16)18(25)20-13-11-27-15-9-5-4-8-14(15)23(2)19(13)26/h4-10,13H,3,11H2,1-2H3,(H,20,25)/t13-/m0/s1. The van der Waals surface area contributed by atoms with Crippen LogP contribution in [0.4, 0.5) is 5.69 Å². The molecular weight excluding hydrogens is 346 g/mol. The summed E-state index contributed by atoms with van der Waals surface area (Å²) in [7, 11) is 1.66. The van der Waals surface area contributed by atoms with E-state index in [1.54, 1.807) is 29.8 Å². The van der Waals surface area contributed by atoms with Crippen LogP contribution in [0, 0.1) is 0 Å². The number of hydrogen-bond donors (Lipinski definition) is 1. The van der Waals surface area contributed by atoms with Gasteiger partial charge in [-0.25, -0.2) is 9.50 Å². The minimum Gasteiger partial charge on any atom is -0.489 e. The highest BCUT2D eigenvalue weighted by atomic mass is 16.5. The van der Waals surface area contributed by atoms with Crippen LogP contribution in [0.3, 0.4) is 0 Å². The van der Waals surface area contributed by atoms with Crippen LogP contribution in [0.1, 0.15) is 23.2 Å². The zero-order chi connectivity index (χ0) is 19.0. The van der Waals surface area contributed by atoms with Crippen LogP contribution in [0.15, 0.2) is 42.5 Å². The molecule has 2 aromatic heterocycles. The number of nitrogens with zero attached hydrogens (tertiary/aromatic N) is 4. The molecule has 0 aliphatic carbocycles. The Morgan fingerprint density at radius 3 is 2.89 bits per heavy atom. The molecule has 0 fully saturated rings. The number of fused-ring (bicyclic) bond motifs is 2. The summed E-state index contributed by atoms with van der Waals surface area (Å²) in [6.07, 6.45) is 0.764. The Morgan fingerprint density at radius 2 is 2.07 bits per heavy atom. The van der Waals surface area contributed by atoms with Crippen LogP contribution in [-0.2, 0) is 11.2 Å². The van der Waals surface area contributed by atoms with E-state index in [1.165, 1.54) is 4.90 Å². The predicted octanol–water partition coefficient (Wildman–Crippen LogP) is 1.45. The fourth-order valence-corrected chi connectivity index (χ4v) is 3.10. The number of hydrogen-bond acceptors (Lipinski definition) is 5. The molecule has 1 N–H and O–H groups in total. The van der Waals surface area contributed by atoms with Crippen molar-refractivity contribution in [3.63, 3.8) is 0 Å². The number of aryl methyl sites for hydroxylation is 1. The van der Waals surface area contributed by atoms with E-state index in [4.69, 9.17) is 4.74 Å². The molecule has 0 spiro atoms. The van der Waals surface area contributed by atoms with Crippen molar-refractivity contribution in [1.82, 2.24) is 19.9 Å². The number of aromatic nitrogens is 3. The van der Waals surface area contributed by atoms with Crippen molar-refractivity contribution in [2.75, 3.05) is 18.6 Å². The maximum atomic E-state index is 12.7. The highest BCUT2D eigenvalue weighted by molar-refractivity contribution is 6.02. The summed E-state index contributed by atoms with van der Waals surface area (Å²) in [5.41, 5.74) is 2.20. The van der Waals surface area contributed by atoms with E-state index in [0.29, 0.717) is 17.1 Å². The number of carbonyl (C=O) groups is 2. The molecule has 2 amide bonds. The molecule has 138 valence electrons. The fraction of sp³-hybridized carbons (Fsp3) is 0.263.